The van der Waals surface area contributed by atoms with Crippen molar-refractivity contribution in [3.05, 3.63) is 106 Å². The Morgan fingerprint density at radius 2 is 2.00 bits per heavy atom. The van der Waals surface area contributed by atoms with E-state index in [1.807, 2.05) is 18.2 Å². The molecule has 1 aliphatic rings. The summed E-state index contributed by atoms with van der Waals surface area (Å²) in [6, 6.07) is 16.9. The molecule has 8 heteroatoms. The summed E-state index contributed by atoms with van der Waals surface area (Å²) in [4.78, 5) is 31.2. The summed E-state index contributed by atoms with van der Waals surface area (Å²) in [6.07, 6.45) is 3.50. The number of nitrogens with zero attached hydrogens (tertiary/aromatic N) is 1. The third-order valence-electron chi connectivity index (χ3n) is 5.77. The average Bonchev–Trinajstić information content (AvgIpc) is 3.39. The molecule has 170 valence electrons. The molecule has 2 aromatic heterocycles. The van der Waals surface area contributed by atoms with Crippen molar-refractivity contribution in [2.75, 3.05) is 7.11 Å². The lowest BCUT2D eigenvalue weighted by molar-refractivity contribution is -0.378. The Kier molecular flexibility index (Phi) is 5.67. The molecule has 1 unspecified atom stereocenters. The number of carbonyl (C=O) groups excluding carboxylic acids is 2. The van der Waals surface area contributed by atoms with Crippen LogP contribution in [-0.4, -0.2) is 23.7 Å². The highest BCUT2D eigenvalue weighted by molar-refractivity contribution is 9.10. The van der Waals surface area contributed by atoms with E-state index in [4.69, 9.17) is 9.15 Å². The topological polar surface area (TPSA) is 97.0 Å². The Labute approximate surface area is 203 Å². The SMILES string of the molecule is COc1cccc2cc(C(=O)C3=C([O-])C(=O)N(Cc4ccc[nH+]c4)C3c3cccc(Br)c3)oc12. The van der Waals surface area contributed by atoms with Crippen LogP contribution in [0.3, 0.4) is 0 Å². The number of methoxy groups -OCH3 is 1. The third-order valence-corrected chi connectivity index (χ3v) is 6.26. The Balaban J connectivity index is 1.61. The minimum absolute atomic E-state index is 0.0226. The fourth-order valence-corrected chi connectivity index (χ4v) is 4.64. The quantitative estimate of drug-likeness (QED) is 0.363. The first kappa shape index (κ1) is 21.9. The van der Waals surface area contributed by atoms with Crippen LogP contribution in [0.4, 0.5) is 0 Å². The second-order valence-electron chi connectivity index (χ2n) is 7.86. The van der Waals surface area contributed by atoms with Crippen molar-refractivity contribution in [3.8, 4) is 5.75 Å². The molecule has 1 aliphatic heterocycles. The van der Waals surface area contributed by atoms with Crippen molar-refractivity contribution < 1.29 is 28.8 Å². The number of H-pyrrole nitrogens is 1. The van der Waals surface area contributed by atoms with E-state index in [0.29, 0.717) is 22.3 Å². The van der Waals surface area contributed by atoms with Crippen LogP contribution in [0, 0.1) is 0 Å². The van der Waals surface area contributed by atoms with Crippen LogP contribution in [-0.2, 0) is 11.3 Å². The predicted octanol–water partition coefficient (Wildman–Crippen LogP) is 3.60. The minimum atomic E-state index is -0.861. The number of Topliss-reactive ketones (excluding diaryl/α,β-unsaturated/α-hetero) is 1. The highest BCUT2D eigenvalue weighted by atomic mass is 79.9. The van der Waals surface area contributed by atoms with Crippen LogP contribution in [0.15, 0.2) is 93.3 Å². The number of benzene rings is 2. The summed E-state index contributed by atoms with van der Waals surface area (Å²) in [5, 5.41) is 13.9. The lowest BCUT2D eigenvalue weighted by Crippen LogP contribution is -2.32. The minimum Gasteiger partial charge on any atom is -0.868 e. The molecule has 0 saturated carbocycles. The highest BCUT2D eigenvalue weighted by Crippen LogP contribution is 2.40. The maximum absolute atomic E-state index is 13.6. The molecule has 0 aliphatic carbocycles. The molecule has 2 aromatic carbocycles. The number of para-hydroxylation sites is 1. The number of pyridine rings is 1. The second kappa shape index (κ2) is 8.79. The van der Waals surface area contributed by atoms with Crippen molar-refractivity contribution >= 4 is 38.6 Å². The van der Waals surface area contributed by atoms with Crippen LogP contribution in [0.2, 0.25) is 0 Å². The van der Waals surface area contributed by atoms with Gasteiger partial charge in [0.1, 0.15) is 0 Å². The van der Waals surface area contributed by atoms with Crippen LogP contribution in [0.25, 0.3) is 11.0 Å². The smallest absolute Gasteiger partial charge is 0.240 e. The maximum atomic E-state index is 13.6. The standard InChI is InChI=1S/C26H19BrN2O5/c1-33-19-9-3-7-17-12-20(34-25(17)19)23(30)21-22(16-6-2-8-18(27)11-16)29(26(32)24(21)31)14-15-5-4-10-28-13-15/h2-13,22,31H,14H2,1H3. The number of hydrogen-bond donors (Lipinski definition) is 0. The molecular formula is C26H19BrN2O5. The highest BCUT2D eigenvalue weighted by Gasteiger charge is 2.40. The summed E-state index contributed by atoms with van der Waals surface area (Å²) < 4.78 is 11.9. The molecule has 3 heterocycles. The molecule has 1 atom stereocenters. The number of ketones is 1. The molecule has 1 N–H and O–H groups in total. The molecule has 0 radical (unpaired) electrons. The van der Waals surface area contributed by atoms with E-state index in [2.05, 4.69) is 20.9 Å². The zero-order valence-corrected chi connectivity index (χ0v) is 19.7. The number of fused-ring (bicyclic) bond motifs is 1. The molecule has 1 amide bonds. The van der Waals surface area contributed by atoms with Gasteiger partial charge in [-0.3, -0.25) is 9.59 Å². The summed E-state index contributed by atoms with van der Waals surface area (Å²) in [5.41, 5.74) is 1.71. The number of ether oxygens (including phenoxy) is 1. The summed E-state index contributed by atoms with van der Waals surface area (Å²) >= 11 is 3.45. The number of nitrogens with one attached hydrogen (secondary N) is 1. The van der Waals surface area contributed by atoms with Gasteiger partial charge >= 0.3 is 0 Å². The van der Waals surface area contributed by atoms with Crippen LogP contribution < -0.4 is 14.8 Å². The third kappa shape index (κ3) is 3.76. The van der Waals surface area contributed by atoms with Gasteiger partial charge in [0.25, 0.3) is 0 Å². The second-order valence-corrected chi connectivity index (χ2v) is 8.78. The monoisotopic (exact) mass is 518 g/mol. The summed E-state index contributed by atoms with van der Waals surface area (Å²) in [5.74, 6) is -1.73. The first-order valence-corrected chi connectivity index (χ1v) is 11.3. The van der Waals surface area contributed by atoms with Crippen LogP contribution in [0.1, 0.15) is 27.7 Å². The van der Waals surface area contributed by atoms with Crippen LogP contribution in [0.5, 0.6) is 5.75 Å². The van der Waals surface area contributed by atoms with E-state index < -0.39 is 23.5 Å². The van der Waals surface area contributed by atoms with Crippen molar-refractivity contribution in [2.45, 2.75) is 12.6 Å². The summed E-state index contributed by atoms with van der Waals surface area (Å²) in [7, 11) is 1.51. The van der Waals surface area contributed by atoms with Crippen molar-refractivity contribution in [3.63, 3.8) is 0 Å². The molecule has 4 aromatic rings. The van der Waals surface area contributed by atoms with E-state index in [-0.39, 0.29) is 17.9 Å². The molecule has 0 bridgehead atoms. The number of carbonyl (C=O) groups is 2. The number of hydrogen-bond acceptors (Lipinski definition) is 5. The average molecular weight is 519 g/mol. The number of furan rings is 1. The molecule has 7 nitrogen and oxygen atoms in total. The van der Waals surface area contributed by atoms with E-state index in [1.54, 1.807) is 54.9 Å². The van der Waals surface area contributed by atoms with Gasteiger partial charge in [0, 0.05) is 27.1 Å². The van der Waals surface area contributed by atoms with E-state index >= 15 is 0 Å². The zero-order chi connectivity index (χ0) is 23.8. The predicted molar refractivity (Wildman–Crippen MR) is 125 cm³/mol. The molecule has 0 spiro atoms. The van der Waals surface area contributed by atoms with E-state index in [9.17, 15) is 14.7 Å². The number of halogens is 1. The van der Waals surface area contributed by atoms with Gasteiger partial charge in [-0.25, -0.2) is 4.98 Å². The van der Waals surface area contributed by atoms with Crippen molar-refractivity contribution in [1.82, 2.24) is 4.90 Å². The van der Waals surface area contributed by atoms with Gasteiger partial charge in [-0.2, -0.15) is 0 Å². The first-order valence-electron chi connectivity index (χ1n) is 10.5. The number of aromatic nitrogens is 1. The van der Waals surface area contributed by atoms with Gasteiger partial charge in [0.2, 0.25) is 11.7 Å². The van der Waals surface area contributed by atoms with E-state index in [1.165, 1.54) is 12.0 Å². The van der Waals surface area contributed by atoms with Crippen molar-refractivity contribution in [2.24, 2.45) is 0 Å². The largest absolute Gasteiger partial charge is 0.868 e. The molecule has 0 saturated heterocycles. The molecule has 34 heavy (non-hydrogen) atoms. The summed E-state index contributed by atoms with van der Waals surface area (Å²) in [6.45, 7) is 0.157. The zero-order valence-electron chi connectivity index (χ0n) is 18.1. The Bertz CT molecular complexity index is 1440. The lowest BCUT2D eigenvalue weighted by atomic mass is 9.95. The first-order chi connectivity index (χ1) is 16.5. The number of amides is 1. The van der Waals surface area contributed by atoms with E-state index in [0.717, 1.165) is 10.0 Å². The van der Waals surface area contributed by atoms with Gasteiger partial charge in [0.15, 0.2) is 29.5 Å². The van der Waals surface area contributed by atoms with Gasteiger partial charge < -0.3 is 19.2 Å². The number of rotatable bonds is 6. The Morgan fingerprint density at radius 1 is 1.18 bits per heavy atom. The van der Waals surface area contributed by atoms with Crippen molar-refractivity contribution in [1.29, 1.82) is 0 Å². The Hall–Kier alpha value is -3.91. The van der Waals surface area contributed by atoms with Crippen LogP contribution >= 0.6 is 15.9 Å². The number of aromatic amines is 1. The normalized spacial score (nSPS) is 15.9. The molecular weight excluding hydrogens is 500 g/mol. The van der Waals surface area contributed by atoms with Gasteiger partial charge in [0.05, 0.1) is 19.7 Å². The fraction of sp³-hybridized carbons (Fsp3) is 0.115. The van der Waals surface area contributed by atoms with Gasteiger partial charge in [-0.1, -0.05) is 40.2 Å². The Morgan fingerprint density at radius 3 is 2.74 bits per heavy atom. The maximum Gasteiger partial charge on any atom is 0.240 e. The fourth-order valence-electron chi connectivity index (χ4n) is 4.22. The molecule has 5 rings (SSSR count). The lowest BCUT2D eigenvalue weighted by Gasteiger charge is -2.27. The van der Waals surface area contributed by atoms with Gasteiger partial charge in [-0.05, 0) is 41.7 Å². The molecule has 0 fully saturated rings. The van der Waals surface area contributed by atoms with Gasteiger partial charge in [-0.15, -0.1) is 0 Å².